The van der Waals surface area contributed by atoms with Crippen LogP contribution in [0.5, 0.6) is 0 Å². The van der Waals surface area contributed by atoms with Gasteiger partial charge in [-0.05, 0) is 97.1 Å². The molecule has 24 heteroatoms. The topological polar surface area (TPSA) is 328 Å². The first kappa shape index (κ1) is 51.8. The summed E-state index contributed by atoms with van der Waals surface area (Å²) in [5.41, 5.74) is -1.66. The highest BCUT2D eigenvalue weighted by molar-refractivity contribution is 5.93. The molecule has 0 heterocycles. The molecular weight excluding hydrogens is 917 g/mol. The zero-order valence-corrected chi connectivity index (χ0v) is 35.3. The van der Waals surface area contributed by atoms with E-state index in [9.17, 15) is 57.5 Å². The van der Waals surface area contributed by atoms with Crippen molar-refractivity contribution in [2.75, 3.05) is 52.9 Å². The molecule has 0 aliphatic heterocycles. The lowest BCUT2D eigenvalue weighted by Crippen LogP contribution is -2.45. The van der Waals surface area contributed by atoms with E-state index in [4.69, 9.17) is 37.9 Å². The van der Waals surface area contributed by atoms with E-state index < -0.39 is 106 Å². The molecule has 0 N–H and O–H groups in total. The number of aliphatic imine (C=N–C) groups is 4. The van der Waals surface area contributed by atoms with E-state index >= 15 is 0 Å². The lowest BCUT2D eigenvalue weighted by Gasteiger charge is -2.31. The maximum Gasteiger partial charge on any atom is 0.344 e. The monoisotopic (exact) mass is 948 g/mol. The summed E-state index contributed by atoms with van der Waals surface area (Å²) in [5, 5.41) is 0. The van der Waals surface area contributed by atoms with Crippen LogP contribution in [-0.2, 0) is 76.3 Å². The Hall–Kier alpha value is -9.84. The summed E-state index contributed by atoms with van der Waals surface area (Å²) in [4.78, 5) is 158. The van der Waals surface area contributed by atoms with E-state index in [2.05, 4.69) is 20.0 Å². The molecule has 0 aliphatic rings. The first-order valence-corrected chi connectivity index (χ1v) is 19.3. The van der Waals surface area contributed by atoms with Gasteiger partial charge in [-0.3, -0.25) is 0 Å². The van der Waals surface area contributed by atoms with Crippen LogP contribution in [-0.4, -0.2) is 125 Å². The number of ether oxygens (including phenoxy) is 8. The number of hydrogen-bond acceptors (Lipinski definition) is 24. The minimum Gasteiger partial charge on any atom is -0.462 e. The van der Waals surface area contributed by atoms with E-state index in [1.54, 1.807) is 0 Å². The molecule has 24 nitrogen and oxygen atoms in total. The fourth-order valence-corrected chi connectivity index (χ4v) is 5.08. The highest BCUT2D eigenvalue weighted by Gasteiger charge is 2.38. The van der Waals surface area contributed by atoms with Gasteiger partial charge in [0.25, 0.3) is 0 Å². The molecule has 0 bridgehead atoms. The Bertz CT molecular complexity index is 2350. The largest absolute Gasteiger partial charge is 0.462 e. The normalized spacial score (nSPS) is 10.8. The maximum absolute atomic E-state index is 13.0. The Morgan fingerprint density at radius 3 is 0.681 bits per heavy atom. The van der Waals surface area contributed by atoms with Crippen molar-refractivity contribution in [2.24, 2.45) is 25.4 Å². The summed E-state index contributed by atoms with van der Waals surface area (Å²) in [5.74, 6) is -9.03. The molecule has 0 saturated carbocycles. The predicted octanol–water partition coefficient (Wildman–Crippen LogP) is 3.44. The van der Waals surface area contributed by atoms with Crippen LogP contribution in [0.1, 0.15) is 41.4 Å². The summed E-state index contributed by atoms with van der Waals surface area (Å²) in [6, 6.07) is 20.2. The molecule has 4 aromatic carbocycles. The average Bonchev–Trinajstić information content (AvgIpc) is 3.36. The Labute approximate surface area is 387 Å². The van der Waals surface area contributed by atoms with Crippen molar-refractivity contribution in [2.45, 2.75) is 0 Å². The molecule has 0 fully saturated rings. The predicted molar refractivity (Wildman–Crippen MR) is 224 cm³/mol. The zero-order valence-electron chi connectivity index (χ0n) is 35.3. The van der Waals surface area contributed by atoms with Crippen LogP contribution in [0.2, 0.25) is 0 Å². The van der Waals surface area contributed by atoms with Crippen molar-refractivity contribution in [1.82, 2.24) is 0 Å². The van der Waals surface area contributed by atoms with E-state index in [1.807, 2.05) is 0 Å². The van der Waals surface area contributed by atoms with Gasteiger partial charge in [-0.25, -0.2) is 57.5 Å². The number of hydrogen-bond donors (Lipinski definition) is 0. The van der Waals surface area contributed by atoms with Crippen molar-refractivity contribution in [3.63, 3.8) is 0 Å². The van der Waals surface area contributed by atoms with E-state index in [-0.39, 0.29) is 45.0 Å². The molecule has 0 aliphatic carbocycles. The van der Waals surface area contributed by atoms with Crippen molar-refractivity contribution in [3.05, 3.63) is 119 Å². The number of benzene rings is 4. The number of carbonyl (C=O) groups is 8. The van der Waals surface area contributed by atoms with Crippen LogP contribution in [0.4, 0.5) is 22.7 Å². The van der Waals surface area contributed by atoms with Crippen LogP contribution in [0.3, 0.4) is 0 Å². The highest BCUT2D eigenvalue weighted by Crippen LogP contribution is 2.23. The Morgan fingerprint density at radius 1 is 0.319 bits per heavy atom. The molecule has 0 saturated heterocycles. The van der Waals surface area contributed by atoms with Crippen molar-refractivity contribution in [1.29, 1.82) is 0 Å². The fourth-order valence-electron chi connectivity index (χ4n) is 5.08. The van der Waals surface area contributed by atoms with Gasteiger partial charge in [0.15, 0.2) is 26.4 Å². The van der Waals surface area contributed by atoms with Gasteiger partial charge in [-0.2, -0.15) is 20.0 Å². The Morgan fingerprint density at radius 2 is 0.507 bits per heavy atom. The molecular formula is C45H32N4O20. The second kappa shape index (κ2) is 26.8. The van der Waals surface area contributed by atoms with Gasteiger partial charge < -0.3 is 37.9 Å². The minimum atomic E-state index is -2.08. The Kier molecular flexibility index (Phi) is 20.1. The summed E-state index contributed by atoms with van der Waals surface area (Å²) < 4.78 is 41.1. The molecule has 0 unspecified atom stereocenters. The van der Waals surface area contributed by atoms with Crippen molar-refractivity contribution >= 4 is 94.8 Å². The number of esters is 8. The lowest BCUT2D eigenvalue weighted by molar-refractivity contribution is -0.174. The SMILES string of the molecule is O=C=Nc1ccc(C(=O)OCC(=O)OCC(COC(=O)COC(=O)c2ccc(N=C=O)cc2)(COC(=O)COC(=O)c2ccc(N=C=O)cc2)COC(=O)COC(=O)c2ccc(N=C=O)cc2)cc1. The summed E-state index contributed by atoms with van der Waals surface area (Å²) in [7, 11) is 0. The molecule has 352 valence electrons. The molecule has 69 heavy (non-hydrogen) atoms. The maximum atomic E-state index is 13.0. The third kappa shape index (κ3) is 17.6. The summed E-state index contributed by atoms with van der Waals surface area (Å²) >= 11 is 0. The van der Waals surface area contributed by atoms with Gasteiger partial charge in [-0.15, -0.1) is 0 Å². The fraction of sp³-hybridized carbons (Fsp3) is 0.200. The zero-order chi connectivity index (χ0) is 50.0. The van der Waals surface area contributed by atoms with Crippen LogP contribution in [0.15, 0.2) is 117 Å². The molecule has 0 radical (unpaired) electrons. The second-order valence-corrected chi connectivity index (χ2v) is 13.4. The van der Waals surface area contributed by atoms with E-state index in [0.717, 1.165) is 0 Å². The lowest BCUT2D eigenvalue weighted by atomic mass is 9.92. The van der Waals surface area contributed by atoms with Crippen molar-refractivity contribution < 1.29 is 95.4 Å². The standard InChI is InChI=1S/C45H32N4O20/c50-25-46-33-9-1-29(2-10-33)41(58)62-17-37(54)66-21-45(22-67-38(55)18-63-42(59)30-3-11-34(12-4-30)47-26-51,23-68-39(56)19-64-43(60)31-5-13-35(14-6-31)48-27-52)24-69-40(57)20-65-44(61)32-7-15-36(16-8-32)49-28-53/h1-16H,17-24H2. The first-order chi connectivity index (χ1) is 33.3. The third-order valence-electron chi connectivity index (χ3n) is 8.55. The average molecular weight is 949 g/mol. The van der Waals surface area contributed by atoms with Crippen molar-refractivity contribution in [3.8, 4) is 0 Å². The van der Waals surface area contributed by atoms with Gasteiger partial charge in [0.05, 0.1) is 45.0 Å². The van der Waals surface area contributed by atoms with Gasteiger partial charge in [0.2, 0.25) is 24.3 Å². The van der Waals surface area contributed by atoms with Gasteiger partial charge in [-0.1, -0.05) is 0 Å². The summed E-state index contributed by atoms with van der Waals surface area (Å²) in [6.07, 6.45) is 5.32. The number of carbonyl (C=O) groups excluding carboxylic acids is 12. The first-order valence-electron chi connectivity index (χ1n) is 19.3. The second-order valence-electron chi connectivity index (χ2n) is 13.4. The highest BCUT2D eigenvalue weighted by atomic mass is 16.6. The minimum absolute atomic E-state index is 0.0629. The quantitative estimate of drug-likeness (QED) is 0.0420. The molecule has 0 atom stereocenters. The van der Waals surface area contributed by atoms with Crippen LogP contribution in [0, 0.1) is 5.41 Å². The van der Waals surface area contributed by atoms with E-state index in [0.29, 0.717) is 0 Å². The molecule has 4 aromatic rings. The van der Waals surface area contributed by atoms with Gasteiger partial charge in [0.1, 0.15) is 31.8 Å². The summed E-state index contributed by atoms with van der Waals surface area (Å²) in [6.45, 7) is -7.91. The number of rotatable bonds is 24. The van der Waals surface area contributed by atoms with Crippen LogP contribution in [0.25, 0.3) is 0 Å². The van der Waals surface area contributed by atoms with Gasteiger partial charge in [0, 0.05) is 0 Å². The van der Waals surface area contributed by atoms with Gasteiger partial charge >= 0.3 is 47.8 Å². The third-order valence-corrected chi connectivity index (χ3v) is 8.55. The molecule has 0 amide bonds. The smallest absolute Gasteiger partial charge is 0.344 e. The number of nitrogens with zero attached hydrogens (tertiary/aromatic N) is 4. The number of isocyanates is 4. The molecule has 4 rings (SSSR count). The molecule has 0 aromatic heterocycles. The van der Waals surface area contributed by atoms with Crippen LogP contribution < -0.4 is 0 Å². The van der Waals surface area contributed by atoms with Crippen LogP contribution >= 0.6 is 0 Å². The van der Waals surface area contributed by atoms with E-state index in [1.165, 1.54) is 121 Å². The Balaban J connectivity index is 1.52. The molecule has 0 spiro atoms.